The normalized spacial score (nSPS) is 11.7. The van der Waals surface area contributed by atoms with Gasteiger partial charge in [-0.25, -0.2) is 0 Å². The number of hydrogen-bond acceptors (Lipinski definition) is 3. The fraction of sp³-hybridized carbons (Fsp3) is 0.316. The third kappa shape index (κ3) is 5.94. The van der Waals surface area contributed by atoms with E-state index in [0.29, 0.717) is 13.0 Å². The summed E-state index contributed by atoms with van der Waals surface area (Å²) in [7, 11) is 0. The van der Waals surface area contributed by atoms with E-state index in [1.807, 2.05) is 36.4 Å². The molecule has 2 aromatic carbocycles. The number of nitrogens with zero attached hydrogens (tertiary/aromatic N) is 1. The van der Waals surface area contributed by atoms with Crippen molar-refractivity contribution in [3.05, 3.63) is 64.7 Å². The monoisotopic (exact) mass is 328 g/mol. The Hall–Kier alpha value is -2.02. The van der Waals surface area contributed by atoms with E-state index in [-0.39, 0.29) is 6.04 Å². The van der Waals surface area contributed by atoms with Gasteiger partial charge in [0.15, 0.2) is 0 Å². The van der Waals surface area contributed by atoms with Crippen LogP contribution in [0.15, 0.2) is 48.5 Å². The van der Waals surface area contributed by atoms with E-state index in [2.05, 4.69) is 30.4 Å². The number of halogens is 1. The van der Waals surface area contributed by atoms with Gasteiger partial charge >= 0.3 is 0 Å². The number of nitrogens with one attached hydrogen (secondary N) is 1. The highest BCUT2D eigenvalue weighted by atomic mass is 35.5. The first kappa shape index (κ1) is 17.3. The maximum absolute atomic E-state index is 8.52. The van der Waals surface area contributed by atoms with Gasteiger partial charge in [0.1, 0.15) is 5.75 Å². The molecule has 23 heavy (non-hydrogen) atoms. The van der Waals surface area contributed by atoms with E-state index in [4.69, 9.17) is 21.6 Å². The lowest BCUT2D eigenvalue weighted by Crippen LogP contribution is -2.18. The highest BCUT2D eigenvalue weighted by molar-refractivity contribution is 6.30. The van der Waals surface area contributed by atoms with Gasteiger partial charge in [-0.1, -0.05) is 35.9 Å². The van der Waals surface area contributed by atoms with E-state index in [1.54, 1.807) is 0 Å². The van der Waals surface area contributed by atoms with Crippen molar-refractivity contribution in [3.8, 4) is 11.8 Å². The zero-order valence-electron chi connectivity index (χ0n) is 13.3. The van der Waals surface area contributed by atoms with Crippen molar-refractivity contribution in [2.45, 2.75) is 32.4 Å². The summed E-state index contributed by atoms with van der Waals surface area (Å²) in [6.07, 6.45) is 1.28. The topological polar surface area (TPSA) is 45.0 Å². The summed E-state index contributed by atoms with van der Waals surface area (Å²) in [6.45, 7) is 3.44. The quantitative estimate of drug-likeness (QED) is 0.703. The van der Waals surface area contributed by atoms with Gasteiger partial charge in [0.05, 0.1) is 12.7 Å². The fourth-order valence-corrected chi connectivity index (χ4v) is 2.45. The lowest BCUT2D eigenvalue weighted by Gasteiger charge is -2.15. The molecular weight excluding hydrogens is 308 g/mol. The maximum atomic E-state index is 8.52. The van der Waals surface area contributed by atoms with Crippen LogP contribution in [0.25, 0.3) is 0 Å². The minimum atomic E-state index is 0.217. The van der Waals surface area contributed by atoms with Crippen molar-refractivity contribution in [3.63, 3.8) is 0 Å². The van der Waals surface area contributed by atoms with Gasteiger partial charge in [0.25, 0.3) is 0 Å². The molecule has 0 radical (unpaired) electrons. The Morgan fingerprint density at radius 2 is 2.04 bits per heavy atom. The van der Waals surface area contributed by atoms with Crippen LogP contribution in [-0.4, -0.2) is 6.61 Å². The van der Waals surface area contributed by atoms with Crippen LogP contribution in [0.2, 0.25) is 5.02 Å². The molecule has 0 saturated carbocycles. The smallest absolute Gasteiger partial charge is 0.119 e. The van der Waals surface area contributed by atoms with Crippen molar-refractivity contribution in [1.29, 1.82) is 5.26 Å². The standard InChI is InChI=1S/C19H21ClN2O/c1-15(17-7-5-8-18(20)13-17)22-14-16-6-4-9-19(12-16)23-11-3-2-10-21/h4-9,12-13,15,22H,2-3,11,14H2,1H3. The number of hydrogen-bond donors (Lipinski definition) is 1. The van der Waals surface area contributed by atoms with E-state index in [1.165, 1.54) is 5.56 Å². The highest BCUT2D eigenvalue weighted by Crippen LogP contribution is 2.19. The summed E-state index contributed by atoms with van der Waals surface area (Å²) in [5.74, 6) is 0.845. The van der Waals surface area contributed by atoms with Gasteiger partial charge in [0, 0.05) is 24.0 Å². The van der Waals surface area contributed by atoms with Gasteiger partial charge < -0.3 is 10.1 Å². The van der Waals surface area contributed by atoms with Gasteiger partial charge in [0.2, 0.25) is 0 Å². The van der Waals surface area contributed by atoms with Crippen LogP contribution in [0.5, 0.6) is 5.75 Å². The van der Waals surface area contributed by atoms with Crippen LogP contribution >= 0.6 is 11.6 Å². The summed E-state index contributed by atoms with van der Waals surface area (Å²) < 4.78 is 5.66. The maximum Gasteiger partial charge on any atom is 0.119 e. The molecule has 1 atom stereocenters. The van der Waals surface area contributed by atoms with Gasteiger partial charge in [-0.15, -0.1) is 0 Å². The number of benzene rings is 2. The third-order valence-electron chi connectivity index (χ3n) is 3.56. The molecule has 1 N–H and O–H groups in total. The molecule has 0 saturated heterocycles. The molecule has 0 aliphatic carbocycles. The first-order chi connectivity index (χ1) is 11.2. The number of ether oxygens (including phenoxy) is 1. The molecule has 2 rings (SSSR count). The van der Waals surface area contributed by atoms with Gasteiger partial charge in [-0.3, -0.25) is 0 Å². The second-order valence-corrected chi connectivity index (χ2v) is 5.85. The lowest BCUT2D eigenvalue weighted by atomic mass is 10.1. The summed E-state index contributed by atoms with van der Waals surface area (Å²) in [6, 6.07) is 18.3. The first-order valence-corrected chi connectivity index (χ1v) is 8.14. The van der Waals surface area contributed by atoms with Crippen molar-refractivity contribution < 1.29 is 4.74 Å². The average Bonchev–Trinajstić information content (AvgIpc) is 2.57. The van der Waals surface area contributed by atoms with E-state index in [9.17, 15) is 0 Å². The minimum Gasteiger partial charge on any atom is -0.494 e. The van der Waals surface area contributed by atoms with E-state index >= 15 is 0 Å². The van der Waals surface area contributed by atoms with Crippen LogP contribution < -0.4 is 10.1 Å². The Labute approximate surface area is 142 Å². The average molecular weight is 329 g/mol. The Bertz CT molecular complexity index is 666. The van der Waals surface area contributed by atoms with Crippen molar-refractivity contribution in [2.75, 3.05) is 6.61 Å². The first-order valence-electron chi connectivity index (χ1n) is 7.76. The third-order valence-corrected chi connectivity index (χ3v) is 3.80. The summed E-state index contributed by atoms with van der Waals surface area (Å²) in [5, 5.41) is 12.8. The SMILES string of the molecule is CC(NCc1cccc(OCCCC#N)c1)c1cccc(Cl)c1. The molecule has 0 aliphatic rings. The van der Waals surface area contributed by atoms with Crippen molar-refractivity contribution in [2.24, 2.45) is 0 Å². The Morgan fingerprint density at radius 1 is 1.22 bits per heavy atom. The second kappa shape index (κ2) is 9.19. The molecule has 120 valence electrons. The predicted octanol–water partition coefficient (Wildman–Crippen LogP) is 4.87. The molecule has 1 unspecified atom stereocenters. The van der Waals surface area contributed by atoms with E-state index in [0.717, 1.165) is 29.3 Å². The molecule has 0 heterocycles. The molecule has 0 bridgehead atoms. The summed E-state index contributed by atoms with van der Waals surface area (Å²) in [5.41, 5.74) is 2.33. The number of rotatable bonds is 8. The number of unbranched alkanes of at least 4 members (excludes halogenated alkanes) is 1. The largest absolute Gasteiger partial charge is 0.494 e. The molecule has 4 heteroatoms. The summed E-state index contributed by atoms with van der Waals surface area (Å²) in [4.78, 5) is 0. The molecule has 0 fully saturated rings. The predicted molar refractivity (Wildman–Crippen MR) is 93.5 cm³/mol. The Kier molecular flexibility index (Phi) is 6.93. The van der Waals surface area contributed by atoms with Gasteiger partial charge in [-0.2, -0.15) is 5.26 Å². The van der Waals surface area contributed by atoms with Crippen molar-refractivity contribution >= 4 is 11.6 Å². The molecule has 0 amide bonds. The van der Waals surface area contributed by atoms with Crippen LogP contribution in [0.3, 0.4) is 0 Å². The fourth-order valence-electron chi connectivity index (χ4n) is 2.25. The van der Waals surface area contributed by atoms with Crippen LogP contribution in [0, 0.1) is 11.3 Å². The zero-order chi connectivity index (χ0) is 16.5. The molecule has 2 aromatic rings. The lowest BCUT2D eigenvalue weighted by molar-refractivity contribution is 0.312. The second-order valence-electron chi connectivity index (χ2n) is 5.42. The Balaban J connectivity index is 1.86. The summed E-state index contributed by atoms with van der Waals surface area (Å²) >= 11 is 6.03. The zero-order valence-corrected chi connectivity index (χ0v) is 14.0. The molecule has 0 spiro atoms. The molecular formula is C19H21ClN2O. The van der Waals surface area contributed by atoms with Crippen LogP contribution in [0.4, 0.5) is 0 Å². The van der Waals surface area contributed by atoms with E-state index < -0.39 is 0 Å². The number of nitriles is 1. The molecule has 0 aromatic heterocycles. The highest BCUT2D eigenvalue weighted by Gasteiger charge is 2.05. The Morgan fingerprint density at radius 3 is 2.83 bits per heavy atom. The van der Waals surface area contributed by atoms with Crippen LogP contribution in [-0.2, 0) is 6.54 Å². The van der Waals surface area contributed by atoms with Crippen LogP contribution in [0.1, 0.15) is 36.9 Å². The van der Waals surface area contributed by atoms with Crippen molar-refractivity contribution in [1.82, 2.24) is 5.32 Å². The molecule has 0 aliphatic heterocycles. The minimum absolute atomic E-state index is 0.217. The molecule has 3 nitrogen and oxygen atoms in total. The van der Waals surface area contributed by atoms with Gasteiger partial charge in [-0.05, 0) is 48.7 Å².